The second-order valence-corrected chi connectivity index (χ2v) is 14.6. The second kappa shape index (κ2) is 39.6. The number of primary amides is 1. The minimum atomic E-state index is -0.861. The van der Waals surface area contributed by atoms with Crippen LogP contribution >= 0.6 is 31.9 Å². The lowest BCUT2D eigenvalue weighted by Crippen LogP contribution is -2.51. The zero-order valence-corrected chi connectivity index (χ0v) is 40.8. The number of nitrogens with zero attached hydrogens (tertiary/aromatic N) is 3. The molecule has 1 aromatic carbocycles. The van der Waals surface area contributed by atoms with Crippen LogP contribution in [-0.4, -0.2) is 149 Å². The molecule has 65 heavy (non-hydrogen) atoms. The summed E-state index contributed by atoms with van der Waals surface area (Å²) in [7, 11) is 1.50. The Balaban J connectivity index is 0.00000413. The molecule has 7 amide bonds. The summed E-state index contributed by atoms with van der Waals surface area (Å²) < 4.78 is 28.7. The van der Waals surface area contributed by atoms with Crippen molar-refractivity contribution in [1.82, 2.24) is 41.6 Å². The Bertz CT molecular complexity index is 1660. The summed E-state index contributed by atoms with van der Waals surface area (Å²) in [5.74, 6) is -1.77. The molecule has 2 aromatic rings. The van der Waals surface area contributed by atoms with E-state index in [0.717, 1.165) is 17.8 Å². The van der Waals surface area contributed by atoms with E-state index in [-0.39, 0.29) is 76.7 Å². The largest absolute Gasteiger partial charge is 0.445 e. The van der Waals surface area contributed by atoms with Gasteiger partial charge in [0.2, 0.25) is 23.6 Å². The maximum Gasteiger partial charge on any atom is 0.407 e. The number of nitrogens with two attached hydrogens (primary N) is 2. The van der Waals surface area contributed by atoms with Crippen LogP contribution in [0.1, 0.15) is 57.0 Å². The number of aldehydes is 1. The summed E-state index contributed by atoms with van der Waals surface area (Å²) in [5, 5.41) is 24.8. The molecule has 0 fully saturated rings. The number of hydrogen-bond acceptors (Lipinski definition) is 15. The van der Waals surface area contributed by atoms with Crippen LogP contribution in [-0.2, 0) is 71.5 Å². The minimum Gasteiger partial charge on any atom is -0.445 e. The quantitative estimate of drug-likeness (QED) is 0.0288. The summed E-state index contributed by atoms with van der Waals surface area (Å²) in [5.41, 5.74) is 12.2. The van der Waals surface area contributed by atoms with Gasteiger partial charge in [0.25, 0.3) is 0 Å². The number of nitrogens with one attached hydrogen (secondary N) is 6. The van der Waals surface area contributed by atoms with Crippen LogP contribution in [0.4, 0.5) is 15.3 Å². The molecule has 1 atom stereocenters. The lowest BCUT2D eigenvalue weighted by Gasteiger charge is -2.21. The molecule has 0 spiro atoms. The van der Waals surface area contributed by atoms with Gasteiger partial charge in [-0.15, -0.1) is 5.10 Å². The lowest BCUT2D eigenvalue weighted by atomic mass is 10.0. The predicted octanol–water partition coefficient (Wildman–Crippen LogP) is 0.991. The minimum absolute atomic E-state index is 0.0191. The van der Waals surface area contributed by atoms with Gasteiger partial charge in [0.15, 0.2) is 0 Å². The van der Waals surface area contributed by atoms with Crippen molar-refractivity contribution < 1.29 is 57.2 Å². The number of anilines is 1. The Labute approximate surface area is 396 Å². The lowest BCUT2D eigenvalue weighted by molar-refractivity contribution is -0.131. The predicted molar refractivity (Wildman–Crippen MR) is 248 cm³/mol. The Morgan fingerprint density at radius 3 is 1.94 bits per heavy atom. The van der Waals surface area contributed by atoms with Crippen LogP contribution in [0.15, 0.2) is 24.3 Å². The number of alkyl halides is 2. The summed E-state index contributed by atoms with van der Waals surface area (Å²) in [6, 6.07) is 5.21. The van der Waals surface area contributed by atoms with Gasteiger partial charge in [0.05, 0.1) is 83.9 Å². The molecule has 1 heterocycles. The third-order valence-electron chi connectivity index (χ3n) is 8.05. The third kappa shape index (κ3) is 30.9. The molecule has 0 saturated heterocycles. The van der Waals surface area contributed by atoms with E-state index in [1.54, 1.807) is 42.8 Å². The van der Waals surface area contributed by atoms with Gasteiger partial charge in [0.1, 0.15) is 18.9 Å². The van der Waals surface area contributed by atoms with Crippen LogP contribution in [0.5, 0.6) is 0 Å². The fourth-order valence-electron chi connectivity index (χ4n) is 4.79. The summed E-state index contributed by atoms with van der Waals surface area (Å²) in [6.07, 6.45) is 0.979. The molecule has 2 rings (SSSR count). The monoisotopic (exact) mass is 1050 g/mol. The van der Waals surface area contributed by atoms with Crippen LogP contribution in [0.3, 0.4) is 0 Å². The van der Waals surface area contributed by atoms with Crippen molar-refractivity contribution in [2.24, 2.45) is 17.4 Å². The average Bonchev–Trinajstić information content (AvgIpc) is 3.71. The van der Waals surface area contributed by atoms with E-state index in [9.17, 15) is 33.6 Å². The van der Waals surface area contributed by atoms with Gasteiger partial charge < -0.3 is 71.8 Å². The van der Waals surface area contributed by atoms with Crippen LogP contribution in [0.25, 0.3) is 0 Å². The molecule has 10 N–H and O–H groups in total. The number of alkyl carbamates (subject to hydrolysis) is 1. The van der Waals surface area contributed by atoms with Crippen molar-refractivity contribution in [1.29, 1.82) is 0 Å². The summed E-state index contributed by atoms with van der Waals surface area (Å²) in [4.78, 5) is 81.2. The van der Waals surface area contributed by atoms with Crippen molar-refractivity contribution >= 4 is 79.6 Å². The highest BCUT2D eigenvalue weighted by Crippen LogP contribution is 2.13. The molecule has 0 radical (unpaired) electrons. The molecular weight excluding hydrogens is 986 g/mol. The van der Waals surface area contributed by atoms with Crippen LogP contribution in [0, 0.1) is 5.92 Å². The Kier molecular flexibility index (Phi) is 36.6. The maximum atomic E-state index is 12.8. The number of ether oxygens (including phenoxy) is 5. The van der Waals surface area contributed by atoms with E-state index in [4.69, 9.17) is 29.4 Å². The molecule has 1 unspecified atom stereocenters. The van der Waals surface area contributed by atoms with Gasteiger partial charge in [-0.25, -0.2) is 14.3 Å². The number of carbonyl (C=O) groups excluding carboxylic acids is 7. The van der Waals surface area contributed by atoms with E-state index in [2.05, 4.69) is 79.8 Å². The highest BCUT2D eigenvalue weighted by molar-refractivity contribution is 9.09. The van der Waals surface area contributed by atoms with Gasteiger partial charge in [0, 0.05) is 42.3 Å². The molecule has 1 aromatic heterocycles. The van der Waals surface area contributed by atoms with Gasteiger partial charge in [-0.3, -0.25) is 19.2 Å². The number of carbonyl (C=O) groups is 7. The zero-order chi connectivity index (χ0) is 48.7. The molecular formula is C40H67Br2N11O12. The SMILES string of the molecule is CC(C)C(NC(=O)CCOCCOCCNC(=O)CCOCCOCCn1nnc(CBr)c1CBr)C(=O)NCC(=O)Nc1ccc(COC(=O)NCC=O)cc1.CCCNC(N)=O.CN. The van der Waals surface area contributed by atoms with Gasteiger partial charge in [-0.1, -0.05) is 70.0 Å². The Hall–Kier alpha value is -4.79. The van der Waals surface area contributed by atoms with Crippen molar-refractivity contribution in [3.8, 4) is 0 Å². The number of benzene rings is 1. The number of urea groups is 1. The van der Waals surface area contributed by atoms with Gasteiger partial charge >= 0.3 is 12.1 Å². The van der Waals surface area contributed by atoms with E-state index in [0.29, 0.717) is 74.3 Å². The van der Waals surface area contributed by atoms with E-state index < -0.39 is 30.0 Å². The number of halogens is 2. The van der Waals surface area contributed by atoms with Crippen LogP contribution < -0.4 is 43.4 Å². The average molecular weight is 1050 g/mol. The standard InChI is InChI=1S/C35H52Br2N8O11.C4H10N2O.CH5N/c1-25(2)33(34(50)40-23-32(49)41-27-5-3-26(4-6-27)24-56-35(51)39-9-12-46)42-31(48)8-14-53-17-19-54-15-10-38-30(47)7-13-52-18-20-55-16-11-45-29(22-37)28(21-36)43-44-45;1-2-3-6-4(5)7;1-2/h3-6,12,25,33H,7-11,13-24H2,1-2H3,(H,38,47)(H,39,51)(H,40,50)(H,41,49)(H,42,48);2-3H2,1H3,(H3,5,6,7);2H2,1H3. The normalized spacial score (nSPS) is 10.8. The Morgan fingerprint density at radius 1 is 0.769 bits per heavy atom. The highest BCUT2D eigenvalue weighted by Gasteiger charge is 2.24. The van der Waals surface area contributed by atoms with Crippen LogP contribution in [0.2, 0.25) is 0 Å². The molecule has 25 heteroatoms. The molecule has 23 nitrogen and oxygen atoms in total. The fraction of sp³-hybridized carbons (Fsp3) is 0.625. The number of rotatable bonds is 32. The first-order valence-electron chi connectivity index (χ1n) is 20.9. The number of aromatic nitrogens is 3. The summed E-state index contributed by atoms with van der Waals surface area (Å²) in [6.45, 7) is 9.04. The maximum absolute atomic E-state index is 12.8. The molecule has 0 bridgehead atoms. The smallest absolute Gasteiger partial charge is 0.407 e. The summed E-state index contributed by atoms with van der Waals surface area (Å²) >= 11 is 6.84. The van der Waals surface area contributed by atoms with Gasteiger partial charge in [-0.2, -0.15) is 0 Å². The van der Waals surface area contributed by atoms with E-state index in [1.807, 2.05) is 6.92 Å². The first-order chi connectivity index (χ1) is 31.3. The van der Waals surface area contributed by atoms with Crippen molar-refractivity contribution in [3.63, 3.8) is 0 Å². The first-order valence-corrected chi connectivity index (χ1v) is 23.1. The Morgan fingerprint density at radius 2 is 1.38 bits per heavy atom. The fourth-order valence-corrected chi connectivity index (χ4v) is 5.84. The zero-order valence-electron chi connectivity index (χ0n) is 37.6. The molecule has 0 saturated carbocycles. The van der Waals surface area contributed by atoms with Crippen molar-refractivity contribution in [2.45, 2.75) is 69.9 Å². The molecule has 0 aliphatic rings. The highest BCUT2D eigenvalue weighted by atomic mass is 79.9. The molecule has 0 aliphatic heterocycles. The topological polar surface area (TPSA) is 321 Å². The van der Waals surface area contributed by atoms with Crippen molar-refractivity contribution in [3.05, 3.63) is 41.2 Å². The van der Waals surface area contributed by atoms with E-state index >= 15 is 0 Å². The first kappa shape index (κ1) is 60.2. The third-order valence-corrected chi connectivity index (χ3v) is 9.12. The molecule has 0 aliphatic carbocycles. The van der Waals surface area contributed by atoms with Crippen molar-refractivity contribution in [2.75, 3.05) is 91.4 Å². The molecule has 368 valence electrons. The van der Waals surface area contributed by atoms with E-state index in [1.165, 1.54) is 7.05 Å². The second-order valence-electron chi connectivity index (χ2n) is 13.4. The number of amides is 7. The van der Waals surface area contributed by atoms with Gasteiger partial charge in [-0.05, 0) is 37.1 Å². The number of hydrogen-bond donors (Lipinski definition) is 8.